The van der Waals surface area contributed by atoms with E-state index in [4.69, 9.17) is 10.5 Å². The Hall–Kier alpha value is -0.910. The molecule has 0 atom stereocenters. The highest BCUT2D eigenvalue weighted by Gasteiger charge is 2.10. The Morgan fingerprint density at radius 1 is 1.10 bits per heavy atom. The number of halogens is 3. The minimum atomic E-state index is -0.280. The third-order valence-electron chi connectivity index (χ3n) is 2.92. The number of nitrogens with two attached hydrogens (primary N) is 1. The third kappa shape index (κ3) is 3.59. The van der Waals surface area contributed by atoms with Crippen LogP contribution >= 0.6 is 31.9 Å². The Labute approximate surface area is 134 Å². The third-order valence-corrected chi connectivity index (χ3v) is 3.87. The zero-order valence-corrected chi connectivity index (χ0v) is 14.1. The molecule has 2 aromatic carbocycles. The van der Waals surface area contributed by atoms with Gasteiger partial charge in [0, 0.05) is 26.6 Å². The maximum atomic E-state index is 13.7. The second-order valence-corrected chi connectivity index (χ2v) is 6.27. The van der Waals surface area contributed by atoms with Crippen molar-refractivity contribution in [3.8, 4) is 5.75 Å². The molecule has 0 radical (unpaired) electrons. The summed E-state index contributed by atoms with van der Waals surface area (Å²) in [5.41, 5.74) is 8.10. The van der Waals surface area contributed by atoms with Gasteiger partial charge in [-0.1, -0.05) is 31.9 Å². The largest absolute Gasteiger partial charge is 0.488 e. The first kappa shape index (κ1) is 15.5. The van der Waals surface area contributed by atoms with Gasteiger partial charge in [0.1, 0.15) is 18.2 Å². The van der Waals surface area contributed by atoms with Crippen LogP contribution in [0.4, 0.5) is 4.39 Å². The van der Waals surface area contributed by atoms with Crippen molar-refractivity contribution in [3.05, 3.63) is 61.8 Å². The van der Waals surface area contributed by atoms with Crippen LogP contribution in [-0.2, 0) is 13.2 Å². The Bertz CT molecular complexity index is 632. The second kappa shape index (κ2) is 6.70. The number of aryl methyl sites for hydroxylation is 1. The molecular weight excluding hydrogens is 389 g/mol. The highest BCUT2D eigenvalue weighted by molar-refractivity contribution is 9.10. The Morgan fingerprint density at radius 2 is 1.80 bits per heavy atom. The van der Waals surface area contributed by atoms with Crippen LogP contribution in [0.25, 0.3) is 0 Å². The van der Waals surface area contributed by atoms with Gasteiger partial charge in [-0.25, -0.2) is 4.39 Å². The van der Waals surface area contributed by atoms with Crippen LogP contribution in [0.3, 0.4) is 0 Å². The Balaban J connectivity index is 2.25. The fraction of sp³-hybridized carbons (Fsp3) is 0.200. The van der Waals surface area contributed by atoms with Crippen molar-refractivity contribution < 1.29 is 9.13 Å². The van der Waals surface area contributed by atoms with Gasteiger partial charge >= 0.3 is 0 Å². The molecule has 0 heterocycles. The molecule has 0 saturated heterocycles. The van der Waals surface area contributed by atoms with Gasteiger partial charge < -0.3 is 10.5 Å². The Kier molecular flexibility index (Phi) is 5.18. The van der Waals surface area contributed by atoms with E-state index in [0.29, 0.717) is 12.1 Å². The van der Waals surface area contributed by atoms with Crippen LogP contribution in [0.2, 0.25) is 0 Å². The molecule has 5 heteroatoms. The molecule has 0 spiro atoms. The lowest BCUT2D eigenvalue weighted by Gasteiger charge is -2.14. The average molecular weight is 403 g/mol. The van der Waals surface area contributed by atoms with E-state index in [1.807, 2.05) is 19.1 Å². The molecule has 0 unspecified atom stereocenters. The lowest BCUT2D eigenvalue weighted by Crippen LogP contribution is -2.05. The molecule has 2 nitrogen and oxygen atoms in total. The van der Waals surface area contributed by atoms with Gasteiger partial charge in [0.2, 0.25) is 0 Å². The molecule has 20 heavy (non-hydrogen) atoms. The van der Waals surface area contributed by atoms with Crippen LogP contribution in [-0.4, -0.2) is 0 Å². The normalized spacial score (nSPS) is 10.7. The fourth-order valence-corrected chi connectivity index (χ4v) is 2.99. The van der Waals surface area contributed by atoms with Crippen LogP contribution < -0.4 is 10.5 Å². The van der Waals surface area contributed by atoms with E-state index in [-0.39, 0.29) is 12.4 Å². The van der Waals surface area contributed by atoms with Crippen LogP contribution in [0.1, 0.15) is 16.7 Å². The van der Waals surface area contributed by atoms with Crippen molar-refractivity contribution in [2.45, 2.75) is 20.1 Å². The van der Waals surface area contributed by atoms with Gasteiger partial charge in [0.05, 0.1) is 0 Å². The molecule has 0 saturated carbocycles. The zero-order valence-electron chi connectivity index (χ0n) is 10.9. The van der Waals surface area contributed by atoms with Crippen molar-refractivity contribution in [1.82, 2.24) is 0 Å². The molecule has 2 aromatic rings. The van der Waals surface area contributed by atoms with Crippen LogP contribution in [0, 0.1) is 12.7 Å². The monoisotopic (exact) mass is 401 g/mol. The highest BCUT2D eigenvalue weighted by atomic mass is 79.9. The van der Waals surface area contributed by atoms with E-state index in [1.165, 1.54) is 6.07 Å². The molecule has 0 amide bonds. The van der Waals surface area contributed by atoms with Crippen LogP contribution in [0.5, 0.6) is 5.75 Å². The number of rotatable bonds is 4. The van der Waals surface area contributed by atoms with E-state index < -0.39 is 0 Å². The summed E-state index contributed by atoms with van der Waals surface area (Å²) in [5.74, 6) is 0.437. The summed E-state index contributed by atoms with van der Waals surface area (Å²) < 4.78 is 21.2. The molecule has 2 N–H and O–H groups in total. The number of benzene rings is 2. The summed E-state index contributed by atoms with van der Waals surface area (Å²) in [6.07, 6.45) is 0. The lowest BCUT2D eigenvalue weighted by atomic mass is 10.1. The van der Waals surface area contributed by atoms with E-state index >= 15 is 0 Å². The first-order valence-electron chi connectivity index (χ1n) is 6.07. The van der Waals surface area contributed by atoms with E-state index in [9.17, 15) is 4.39 Å². The summed E-state index contributed by atoms with van der Waals surface area (Å²) in [4.78, 5) is 0. The van der Waals surface area contributed by atoms with Crippen molar-refractivity contribution in [1.29, 1.82) is 0 Å². The highest BCUT2D eigenvalue weighted by Crippen LogP contribution is 2.29. The van der Waals surface area contributed by atoms with Crippen molar-refractivity contribution >= 4 is 31.9 Å². The zero-order chi connectivity index (χ0) is 14.7. The molecule has 0 aliphatic heterocycles. The summed E-state index contributed by atoms with van der Waals surface area (Å²) in [5, 5.41) is 0. The van der Waals surface area contributed by atoms with Gasteiger partial charge in [0.25, 0.3) is 0 Å². The first-order chi connectivity index (χ1) is 9.51. The van der Waals surface area contributed by atoms with Crippen molar-refractivity contribution in [3.63, 3.8) is 0 Å². The Morgan fingerprint density at radius 3 is 2.50 bits per heavy atom. The van der Waals surface area contributed by atoms with E-state index in [0.717, 1.165) is 25.8 Å². The fourth-order valence-electron chi connectivity index (χ4n) is 1.96. The van der Waals surface area contributed by atoms with Gasteiger partial charge in [-0.05, 0) is 42.8 Å². The predicted molar refractivity (Wildman–Crippen MR) is 85.2 cm³/mol. The topological polar surface area (TPSA) is 35.2 Å². The van der Waals surface area contributed by atoms with Gasteiger partial charge in [0.15, 0.2) is 0 Å². The minimum Gasteiger partial charge on any atom is -0.488 e. The summed E-state index contributed by atoms with van der Waals surface area (Å²) >= 11 is 6.75. The molecule has 106 valence electrons. The SMILES string of the molecule is Cc1cc(Br)cc(CN)c1OCc1cc(Br)ccc1F. The smallest absolute Gasteiger partial charge is 0.129 e. The molecule has 0 aliphatic carbocycles. The maximum absolute atomic E-state index is 13.7. The van der Waals surface area contributed by atoms with Gasteiger partial charge in [-0.15, -0.1) is 0 Å². The number of ether oxygens (including phenoxy) is 1. The standard InChI is InChI=1S/C15H14Br2FNO/c1-9-4-13(17)5-10(7-19)15(9)20-8-11-6-12(16)2-3-14(11)18/h2-6H,7-8,19H2,1H3. The molecule has 0 aromatic heterocycles. The molecular formula is C15H14Br2FNO. The van der Waals surface area contributed by atoms with E-state index in [2.05, 4.69) is 31.9 Å². The number of hydrogen-bond donors (Lipinski definition) is 1. The molecule has 0 fully saturated rings. The molecule has 2 rings (SSSR count). The predicted octanol–water partition coefficient (Wildman–Crippen LogP) is 4.70. The molecule has 0 bridgehead atoms. The summed E-state index contributed by atoms with van der Waals surface area (Å²) in [7, 11) is 0. The van der Waals surface area contributed by atoms with Crippen molar-refractivity contribution in [2.75, 3.05) is 0 Å². The molecule has 0 aliphatic rings. The van der Waals surface area contributed by atoms with Gasteiger partial charge in [-0.2, -0.15) is 0 Å². The lowest BCUT2D eigenvalue weighted by molar-refractivity contribution is 0.294. The summed E-state index contributed by atoms with van der Waals surface area (Å²) in [6.45, 7) is 2.48. The average Bonchev–Trinajstić information content (AvgIpc) is 2.40. The minimum absolute atomic E-state index is 0.167. The second-order valence-electron chi connectivity index (χ2n) is 4.44. The maximum Gasteiger partial charge on any atom is 0.129 e. The van der Waals surface area contributed by atoms with Crippen molar-refractivity contribution in [2.24, 2.45) is 5.73 Å². The summed E-state index contributed by atoms with van der Waals surface area (Å²) in [6, 6.07) is 8.66. The first-order valence-corrected chi connectivity index (χ1v) is 7.65. The van der Waals surface area contributed by atoms with Gasteiger partial charge in [-0.3, -0.25) is 0 Å². The van der Waals surface area contributed by atoms with E-state index in [1.54, 1.807) is 12.1 Å². The number of hydrogen-bond acceptors (Lipinski definition) is 2. The quantitative estimate of drug-likeness (QED) is 0.804. The van der Waals surface area contributed by atoms with Crippen LogP contribution in [0.15, 0.2) is 39.3 Å².